The molecule has 1 heterocycles. The first-order valence-electron chi connectivity index (χ1n) is 23.7. The molecule has 3 heteroatoms. The molecule has 0 fully saturated rings. The van der Waals surface area contributed by atoms with Crippen LogP contribution in [0.5, 0.6) is 0 Å². The van der Waals surface area contributed by atoms with Crippen LogP contribution in [0.25, 0.3) is 16.3 Å². The van der Waals surface area contributed by atoms with Gasteiger partial charge in [-0.1, -0.05) is 245 Å². The molecule has 0 bridgehead atoms. The Balaban J connectivity index is -0.0000000677. The Morgan fingerprint density at radius 3 is 1.14 bits per heavy atom. The van der Waals surface area contributed by atoms with Gasteiger partial charge in [-0.25, -0.2) is 12.1 Å². The summed E-state index contributed by atoms with van der Waals surface area (Å²) >= 11 is 0. The molecular weight excluding hydrogens is 937 g/mol. The van der Waals surface area contributed by atoms with Crippen molar-refractivity contribution in [2.45, 2.75) is 179 Å². The van der Waals surface area contributed by atoms with E-state index in [1.807, 2.05) is 119 Å². The first kappa shape index (κ1) is 86.0. The fourth-order valence-electron chi connectivity index (χ4n) is 4.01. The summed E-state index contributed by atoms with van der Waals surface area (Å²) in [6, 6.07) is 42.7. The zero-order chi connectivity index (χ0) is 49.7. The van der Waals surface area contributed by atoms with E-state index in [0.717, 1.165) is 17.4 Å². The van der Waals surface area contributed by atoms with Crippen LogP contribution in [0.1, 0.15) is 195 Å². The molecule has 5 aromatic rings. The van der Waals surface area contributed by atoms with E-state index in [2.05, 4.69) is 173 Å². The van der Waals surface area contributed by atoms with Crippen molar-refractivity contribution in [3.05, 3.63) is 182 Å². The average molecular weight is 1040 g/mol. The molecule has 0 aliphatic heterocycles. The summed E-state index contributed by atoms with van der Waals surface area (Å²) in [5.74, 6) is 3.46. The number of pyridine rings is 1. The van der Waals surface area contributed by atoms with E-state index in [0.29, 0.717) is 17.8 Å². The Bertz CT molecular complexity index is 1510. The van der Waals surface area contributed by atoms with E-state index in [1.165, 1.54) is 39.6 Å². The topological polar surface area (TPSA) is 12.9 Å². The third-order valence-electron chi connectivity index (χ3n) is 6.43. The fourth-order valence-corrected chi connectivity index (χ4v) is 4.01. The SMILES string of the molecule is C.CC.CC.CC.CC.CC.CC(C)C.CC(C)C.CC(C)c1ccc2ccccc2c1.CC(C)c1ccccc1.C[C-]=C(c1[c-]cccc1)C(C)C.[CH-]=CC=[CH-].[Y].[Y].c1ccncc1. The summed E-state index contributed by atoms with van der Waals surface area (Å²) in [4.78, 5) is 3.78. The minimum absolute atomic E-state index is 0. The smallest absolute Gasteiger partial charge is 0.0267 e. The summed E-state index contributed by atoms with van der Waals surface area (Å²) in [7, 11) is 0. The van der Waals surface area contributed by atoms with Gasteiger partial charge >= 0.3 is 0 Å². The number of nitrogens with zero attached hydrogens (tertiary/aromatic N) is 1. The van der Waals surface area contributed by atoms with Crippen LogP contribution in [-0.4, -0.2) is 4.98 Å². The number of benzene rings is 4. The molecular formula is C62H103NY2-4. The van der Waals surface area contributed by atoms with Crippen molar-refractivity contribution in [2.75, 3.05) is 0 Å². The molecule has 0 aliphatic rings. The Morgan fingerprint density at radius 1 is 0.492 bits per heavy atom. The molecule has 366 valence electrons. The van der Waals surface area contributed by atoms with Gasteiger partial charge in [0.1, 0.15) is 0 Å². The minimum Gasteiger partial charge on any atom is -0.394 e. The first-order valence-corrected chi connectivity index (χ1v) is 23.7. The predicted octanol–water partition coefficient (Wildman–Crippen LogP) is 21.3. The van der Waals surface area contributed by atoms with Gasteiger partial charge in [0.2, 0.25) is 0 Å². The summed E-state index contributed by atoms with van der Waals surface area (Å²) in [5.41, 5.74) is 5.24. The van der Waals surface area contributed by atoms with Gasteiger partial charge in [0.15, 0.2) is 0 Å². The Morgan fingerprint density at radius 2 is 0.862 bits per heavy atom. The first-order chi connectivity index (χ1) is 29.7. The van der Waals surface area contributed by atoms with Crippen LogP contribution in [0.15, 0.2) is 140 Å². The van der Waals surface area contributed by atoms with Crippen molar-refractivity contribution in [3.8, 4) is 0 Å². The molecule has 4 aromatic carbocycles. The van der Waals surface area contributed by atoms with E-state index in [4.69, 9.17) is 13.2 Å². The van der Waals surface area contributed by atoms with Crippen LogP contribution >= 0.6 is 0 Å². The second-order valence-electron chi connectivity index (χ2n) is 14.3. The number of hydrogen-bond acceptors (Lipinski definition) is 1. The molecule has 0 amide bonds. The van der Waals surface area contributed by atoms with Crippen molar-refractivity contribution in [1.82, 2.24) is 4.98 Å². The molecule has 5 rings (SSSR count). The summed E-state index contributed by atoms with van der Waals surface area (Å²) in [6.07, 6.45) is 9.26. The van der Waals surface area contributed by atoms with Gasteiger partial charge in [-0.3, -0.25) is 10.6 Å². The molecule has 0 N–H and O–H groups in total. The maximum Gasteiger partial charge on any atom is 0.0267 e. The largest absolute Gasteiger partial charge is 0.394 e. The number of fused-ring (bicyclic) bond motifs is 1. The van der Waals surface area contributed by atoms with E-state index >= 15 is 0 Å². The standard InChI is InChI=1S/C13H14.C12H14.C9H12.C5H5N.2C4H10.C4H4.5C2H6.CH4.2Y/c1-10(2)12-8-7-11-5-3-4-6-13(11)9-12;1-4-12(10(2)3)11-8-6-5-7-9-11;1-8(2)9-6-4-3-5-7-9;1-2-4-6-5-3-1;2*1-4(2)3;1-3-4-2;5*1-2;;;/h3-10H,1-2H3;5-8,10H,1-3H3;3-8H,1-2H3;1-5H;2*4H,1-3H3;1-4H;5*1-2H3;1H4;;/q;-2;;;;;-2;;;;;;;;. The zero-order valence-electron chi connectivity index (χ0n) is 45.9. The summed E-state index contributed by atoms with van der Waals surface area (Å²) in [6.45, 7) is 57.6. The zero-order valence-corrected chi connectivity index (χ0v) is 51.6. The van der Waals surface area contributed by atoms with Gasteiger partial charge in [-0.05, 0) is 57.7 Å². The van der Waals surface area contributed by atoms with Crippen molar-refractivity contribution in [3.63, 3.8) is 0 Å². The van der Waals surface area contributed by atoms with Crippen LogP contribution in [-0.2, 0) is 65.4 Å². The van der Waals surface area contributed by atoms with E-state index in [-0.39, 0.29) is 72.8 Å². The normalized spacial score (nSPS) is 8.46. The molecule has 0 saturated carbocycles. The van der Waals surface area contributed by atoms with E-state index in [1.54, 1.807) is 12.4 Å². The quantitative estimate of drug-likeness (QED) is 0.126. The summed E-state index contributed by atoms with van der Waals surface area (Å²) < 4.78 is 0. The van der Waals surface area contributed by atoms with Crippen LogP contribution in [0.3, 0.4) is 0 Å². The maximum atomic E-state index is 4.72. The predicted molar refractivity (Wildman–Crippen MR) is 297 cm³/mol. The third-order valence-corrected chi connectivity index (χ3v) is 6.43. The monoisotopic (exact) mass is 1040 g/mol. The molecule has 0 saturated heterocycles. The Hall–Kier alpha value is -2.28. The average Bonchev–Trinajstić information content (AvgIpc) is 3.31. The van der Waals surface area contributed by atoms with Gasteiger partial charge in [-0.2, -0.15) is 12.1 Å². The van der Waals surface area contributed by atoms with Crippen LogP contribution in [0, 0.1) is 43.1 Å². The van der Waals surface area contributed by atoms with Crippen LogP contribution in [0.4, 0.5) is 0 Å². The number of rotatable bonds is 5. The van der Waals surface area contributed by atoms with Crippen molar-refractivity contribution < 1.29 is 65.4 Å². The maximum absolute atomic E-state index is 4.72. The van der Waals surface area contributed by atoms with Gasteiger partial charge < -0.3 is 36.9 Å². The third kappa shape index (κ3) is 63.8. The second-order valence-corrected chi connectivity index (χ2v) is 14.3. The fraction of sp³-hybridized carbons (Fsp3) is 0.468. The molecule has 2 radical (unpaired) electrons. The van der Waals surface area contributed by atoms with Crippen LogP contribution in [0.2, 0.25) is 0 Å². The molecule has 0 spiro atoms. The number of hydrogen-bond donors (Lipinski definition) is 0. The molecule has 1 nitrogen and oxygen atoms in total. The number of allylic oxidation sites excluding steroid dienone is 4. The second kappa shape index (κ2) is 70.7. The molecule has 0 aliphatic carbocycles. The van der Waals surface area contributed by atoms with Crippen molar-refractivity contribution in [1.29, 1.82) is 0 Å². The number of aromatic nitrogens is 1. The minimum atomic E-state index is 0. The molecule has 0 atom stereocenters. The van der Waals surface area contributed by atoms with Crippen molar-refractivity contribution >= 4 is 16.3 Å². The molecule has 65 heavy (non-hydrogen) atoms. The Labute approximate surface area is 460 Å². The van der Waals surface area contributed by atoms with E-state index < -0.39 is 0 Å². The van der Waals surface area contributed by atoms with Crippen LogP contribution < -0.4 is 0 Å². The van der Waals surface area contributed by atoms with Gasteiger partial charge in [0, 0.05) is 77.8 Å². The van der Waals surface area contributed by atoms with Gasteiger partial charge in [-0.15, -0.1) is 13.0 Å². The summed E-state index contributed by atoms with van der Waals surface area (Å²) in [5, 5.41) is 2.67. The molecule has 1 aromatic heterocycles. The van der Waals surface area contributed by atoms with Gasteiger partial charge in [0.05, 0.1) is 0 Å². The van der Waals surface area contributed by atoms with Crippen molar-refractivity contribution in [2.24, 2.45) is 17.8 Å². The van der Waals surface area contributed by atoms with Gasteiger partial charge in [0.25, 0.3) is 0 Å². The molecule has 0 unspecified atom stereocenters. The van der Waals surface area contributed by atoms with E-state index in [9.17, 15) is 0 Å². The Kier molecular flexibility index (Phi) is 93.5.